The van der Waals surface area contributed by atoms with Crippen molar-refractivity contribution in [3.63, 3.8) is 0 Å². The first kappa shape index (κ1) is 26.5. The summed E-state index contributed by atoms with van der Waals surface area (Å²) in [5, 5.41) is 22.7. The van der Waals surface area contributed by atoms with Crippen LogP contribution >= 0.6 is 0 Å². The van der Waals surface area contributed by atoms with Crippen LogP contribution in [0.5, 0.6) is 0 Å². The summed E-state index contributed by atoms with van der Waals surface area (Å²) in [6, 6.07) is 13.8. The van der Waals surface area contributed by atoms with E-state index in [2.05, 4.69) is 45.4 Å². The summed E-state index contributed by atoms with van der Waals surface area (Å²) < 4.78 is 38.9. The first-order chi connectivity index (χ1) is 19.3. The van der Waals surface area contributed by atoms with E-state index in [9.17, 15) is 13.2 Å². The number of ether oxygens (including phenoxy) is 1. The molecular weight excluding hydrogens is 533 g/mol. The van der Waals surface area contributed by atoms with Crippen molar-refractivity contribution in [1.29, 1.82) is 0 Å². The number of carbonyl (C=O) groups is 1. The Morgan fingerprint density at radius 1 is 1.05 bits per heavy atom. The van der Waals surface area contributed by atoms with Gasteiger partial charge in [0.05, 0.1) is 24.4 Å². The van der Waals surface area contributed by atoms with Crippen LogP contribution in [0.15, 0.2) is 61.3 Å². The zero-order valence-electron chi connectivity index (χ0n) is 20.6. The maximum atomic E-state index is 10.6. The highest BCUT2D eigenvalue weighted by Crippen LogP contribution is 2.22. The van der Waals surface area contributed by atoms with Gasteiger partial charge in [-0.15, -0.1) is 5.10 Å². The standard InChI is InChI=1S/C22H20N10O.C2HF3O2/c1-2-16-12-23-21(28-19(16)11-15(1)20-24-13-26-29-20)27-17-3-5-18(6-4-17)32-14-25-22(30-32)31-7-9-33-10-8-31;3-2(4,5)1(6)7/h1-6,11-14H,7-10H2,(H,23,27,28)(H,24,26,29);(H,6,7). The SMILES string of the molecule is O=C(O)C(F)(F)F.c1n[nH]c(-c2ccc3cnc(Nc4ccc(-n5cnc(N6CCOCC6)n5)cc4)nc3c2)n1. The molecule has 0 aliphatic carbocycles. The Morgan fingerprint density at radius 2 is 1.80 bits per heavy atom. The highest BCUT2D eigenvalue weighted by molar-refractivity contribution is 5.83. The topological polar surface area (TPSA) is 160 Å². The molecule has 40 heavy (non-hydrogen) atoms. The van der Waals surface area contributed by atoms with Gasteiger partial charge in [0.2, 0.25) is 11.9 Å². The zero-order chi connectivity index (χ0) is 28.1. The number of fused-ring (bicyclic) bond motifs is 1. The molecule has 206 valence electrons. The van der Waals surface area contributed by atoms with Gasteiger partial charge >= 0.3 is 12.1 Å². The van der Waals surface area contributed by atoms with E-state index in [1.54, 1.807) is 17.2 Å². The van der Waals surface area contributed by atoms with Gasteiger partial charge < -0.3 is 20.1 Å². The summed E-state index contributed by atoms with van der Waals surface area (Å²) in [6.45, 7) is 3.01. The second-order valence-corrected chi connectivity index (χ2v) is 8.36. The predicted octanol–water partition coefficient (Wildman–Crippen LogP) is 3.21. The minimum atomic E-state index is -5.08. The molecule has 0 spiro atoms. The van der Waals surface area contributed by atoms with Crippen molar-refractivity contribution in [2.45, 2.75) is 6.18 Å². The number of alkyl halides is 3. The number of hydrogen-bond acceptors (Lipinski definition) is 10. The third-order valence-corrected chi connectivity index (χ3v) is 5.68. The fourth-order valence-electron chi connectivity index (χ4n) is 3.69. The van der Waals surface area contributed by atoms with Crippen molar-refractivity contribution < 1.29 is 27.8 Å². The van der Waals surface area contributed by atoms with Crippen molar-refractivity contribution in [3.8, 4) is 17.1 Å². The number of H-pyrrole nitrogens is 1. The maximum absolute atomic E-state index is 10.6. The van der Waals surface area contributed by atoms with Gasteiger partial charge in [-0.25, -0.2) is 24.4 Å². The Balaban J connectivity index is 0.000000411. The third-order valence-electron chi connectivity index (χ3n) is 5.68. The van der Waals surface area contributed by atoms with Crippen molar-refractivity contribution in [3.05, 3.63) is 61.3 Å². The molecule has 0 amide bonds. The van der Waals surface area contributed by atoms with Crippen LogP contribution in [0.25, 0.3) is 28.0 Å². The lowest BCUT2D eigenvalue weighted by Crippen LogP contribution is -2.37. The second-order valence-electron chi connectivity index (χ2n) is 8.36. The van der Waals surface area contributed by atoms with Crippen LogP contribution in [0.4, 0.5) is 30.8 Å². The molecular formula is C24H21F3N10O3. The van der Waals surface area contributed by atoms with Crippen molar-refractivity contribution in [1.82, 2.24) is 39.9 Å². The van der Waals surface area contributed by atoms with E-state index < -0.39 is 12.1 Å². The van der Waals surface area contributed by atoms with E-state index in [1.165, 1.54) is 6.33 Å². The zero-order valence-corrected chi connectivity index (χ0v) is 20.6. The van der Waals surface area contributed by atoms with Gasteiger partial charge in [-0.1, -0.05) is 12.1 Å². The van der Waals surface area contributed by atoms with E-state index in [1.807, 2.05) is 42.5 Å². The van der Waals surface area contributed by atoms with Gasteiger partial charge in [0.15, 0.2) is 5.82 Å². The van der Waals surface area contributed by atoms with Crippen LogP contribution in [0.3, 0.4) is 0 Å². The van der Waals surface area contributed by atoms with E-state index in [0.29, 0.717) is 25.0 Å². The minimum absolute atomic E-state index is 0.514. The maximum Gasteiger partial charge on any atom is 0.490 e. The number of halogens is 3. The summed E-state index contributed by atoms with van der Waals surface area (Å²) >= 11 is 0. The normalized spacial score (nSPS) is 13.5. The number of hydrogen-bond donors (Lipinski definition) is 3. The number of benzene rings is 2. The number of anilines is 3. The largest absolute Gasteiger partial charge is 0.490 e. The second kappa shape index (κ2) is 11.3. The molecule has 13 nitrogen and oxygen atoms in total. The monoisotopic (exact) mass is 554 g/mol. The number of rotatable bonds is 5. The van der Waals surface area contributed by atoms with Gasteiger partial charge in [-0.05, 0) is 30.3 Å². The molecule has 1 saturated heterocycles. The van der Waals surface area contributed by atoms with Crippen LogP contribution in [0, 0.1) is 0 Å². The van der Waals surface area contributed by atoms with E-state index in [-0.39, 0.29) is 0 Å². The number of aromatic nitrogens is 8. The quantitative estimate of drug-likeness (QED) is 0.293. The van der Waals surface area contributed by atoms with Gasteiger partial charge in [-0.3, -0.25) is 5.10 Å². The highest BCUT2D eigenvalue weighted by Gasteiger charge is 2.38. The molecule has 0 unspecified atom stereocenters. The fraction of sp³-hybridized carbons (Fsp3) is 0.208. The lowest BCUT2D eigenvalue weighted by molar-refractivity contribution is -0.192. The molecule has 16 heteroatoms. The molecule has 0 atom stereocenters. The van der Waals surface area contributed by atoms with Gasteiger partial charge in [-0.2, -0.15) is 23.3 Å². The average Bonchev–Trinajstić information content (AvgIpc) is 3.67. The molecule has 1 fully saturated rings. The summed E-state index contributed by atoms with van der Waals surface area (Å²) in [6.07, 6.45) is -0.0729. The van der Waals surface area contributed by atoms with Crippen molar-refractivity contribution in [2.75, 3.05) is 36.5 Å². The Morgan fingerprint density at radius 3 is 2.48 bits per heavy atom. The lowest BCUT2D eigenvalue weighted by atomic mass is 10.1. The predicted molar refractivity (Wildman–Crippen MR) is 136 cm³/mol. The molecule has 2 aromatic carbocycles. The number of carboxylic acids is 1. The van der Waals surface area contributed by atoms with Crippen LogP contribution < -0.4 is 10.2 Å². The molecule has 3 aromatic heterocycles. The van der Waals surface area contributed by atoms with E-state index in [0.717, 1.165) is 46.9 Å². The number of nitrogens with one attached hydrogen (secondary N) is 2. The van der Waals surface area contributed by atoms with Crippen LogP contribution in [0.1, 0.15) is 0 Å². The summed E-state index contributed by atoms with van der Waals surface area (Å²) in [5.41, 5.74) is 3.52. The first-order valence-corrected chi connectivity index (χ1v) is 11.8. The molecule has 5 aromatic rings. The van der Waals surface area contributed by atoms with Gasteiger partial charge in [0.1, 0.15) is 12.7 Å². The van der Waals surface area contributed by atoms with Crippen LogP contribution in [-0.4, -0.2) is 83.5 Å². The summed E-state index contributed by atoms with van der Waals surface area (Å²) in [4.78, 5) is 28.7. The summed E-state index contributed by atoms with van der Waals surface area (Å²) in [7, 11) is 0. The molecule has 3 N–H and O–H groups in total. The molecule has 1 aliphatic heterocycles. The minimum Gasteiger partial charge on any atom is -0.475 e. The molecule has 6 rings (SSSR count). The molecule has 4 heterocycles. The lowest BCUT2D eigenvalue weighted by Gasteiger charge is -2.25. The molecule has 0 saturated carbocycles. The number of carboxylic acid groups (broad SMARTS) is 1. The Labute approximate surface area is 223 Å². The summed E-state index contributed by atoms with van der Waals surface area (Å²) in [5.74, 6) is -0.826. The number of aromatic amines is 1. The van der Waals surface area contributed by atoms with Crippen LogP contribution in [0.2, 0.25) is 0 Å². The van der Waals surface area contributed by atoms with Crippen molar-refractivity contribution in [2.24, 2.45) is 0 Å². The fourth-order valence-corrected chi connectivity index (χ4v) is 3.69. The Kier molecular flexibility index (Phi) is 7.50. The van der Waals surface area contributed by atoms with Gasteiger partial charge in [0, 0.05) is 35.9 Å². The van der Waals surface area contributed by atoms with Crippen LogP contribution in [-0.2, 0) is 9.53 Å². The van der Waals surface area contributed by atoms with Crippen molar-refractivity contribution >= 4 is 34.5 Å². The Hall–Kier alpha value is -5.12. The first-order valence-electron chi connectivity index (χ1n) is 11.8. The van der Waals surface area contributed by atoms with E-state index >= 15 is 0 Å². The number of morpholine rings is 1. The van der Waals surface area contributed by atoms with Gasteiger partial charge in [0.25, 0.3) is 0 Å². The molecule has 0 bridgehead atoms. The Bertz CT molecular complexity index is 1580. The highest BCUT2D eigenvalue weighted by atomic mass is 19.4. The average molecular weight is 554 g/mol. The smallest absolute Gasteiger partial charge is 0.475 e. The third kappa shape index (κ3) is 6.29. The number of aliphatic carboxylic acids is 1. The molecule has 0 radical (unpaired) electrons. The van der Waals surface area contributed by atoms with E-state index in [4.69, 9.17) is 14.6 Å². The number of nitrogens with zero attached hydrogens (tertiary/aromatic N) is 8. The molecule has 1 aliphatic rings.